The Morgan fingerprint density at radius 1 is 1.47 bits per heavy atom. The van der Waals surface area contributed by atoms with Gasteiger partial charge in [0.25, 0.3) is 0 Å². The molecule has 5 nitrogen and oxygen atoms in total. The number of hydrogen-bond acceptors (Lipinski definition) is 3. The predicted octanol–water partition coefficient (Wildman–Crippen LogP) is 0.965. The Kier molecular flexibility index (Phi) is 3.80. The van der Waals surface area contributed by atoms with E-state index in [1.807, 2.05) is 6.07 Å². The number of benzene rings is 1. The van der Waals surface area contributed by atoms with E-state index in [-0.39, 0.29) is 0 Å². The van der Waals surface area contributed by atoms with Crippen LogP contribution in [0, 0.1) is 6.92 Å². The van der Waals surface area contributed by atoms with Crippen molar-refractivity contribution in [3.8, 4) is 0 Å². The van der Waals surface area contributed by atoms with Crippen molar-refractivity contribution >= 4 is 15.8 Å². The summed E-state index contributed by atoms with van der Waals surface area (Å²) in [4.78, 5) is 4.61. The van der Waals surface area contributed by atoms with Gasteiger partial charge in [-0.05, 0) is 37.0 Å². The Balaban J connectivity index is 2.07. The van der Waals surface area contributed by atoms with Gasteiger partial charge >= 0.3 is 0 Å². The third kappa shape index (κ3) is 3.96. The molecule has 6 heteroatoms. The molecule has 0 heterocycles. The first kappa shape index (κ1) is 13.9. The summed E-state index contributed by atoms with van der Waals surface area (Å²) in [6, 6.07) is 5.72. The highest BCUT2D eigenvalue weighted by Gasteiger charge is 2.21. The number of hydrogen-bond donors (Lipinski definition) is 2. The Labute approximate surface area is 113 Å². The van der Waals surface area contributed by atoms with E-state index in [9.17, 15) is 8.42 Å². The first-order valence-electron chi connectivity index (χ1n) is 6.22. The lowest BCUT2D eigenvalue weighted by Gasteiger charge is -2.06. The highest BCUT2D eigenvalue weighted by molar-refractivity contribution is 7.90. The largest absolute Gasteiger partial charge is 0.370 e. The van der Waals surface area contributed by atoms with Crippen molar-refractivity contribution in [2.24, 2.45) is 10.7 Å². The third-order valence-electron chi connectivity index (χ3n) is 3.00. The highest BCUT2D eigenvalue weighted by Crippen LogP contribution is 2.19. The fraction of sp³-hybridized carbons (Fsp3) is 0.462. The summed E-state index contributed by atoms with van der Waals surface area (Å²) in [5.41, 5.74) is 7.43. The van der Waals surface area contributed by atoms with Crippen LogP contribution < -0.4 is 11.1 Å². The van der Waals surface area contributed by atoms with Crippen molar-refractivity contribution in [1.29, 1.82) is 0 Å². The maximum Gasteiger partial charge on any atom is 0.189 e. The van der Waals surface area contributed by atoms with Crippen molar-refractivity contribution in [3.63, 3.8) is 0 Å². The molecular weight excluding hydrogens is 262 g/mol. The van der Waals surface area contributed by atoms with E-state index in [4.69, 9.17) is 5.73 Å². The second-order valence-corrected chi connectivity index (χ2v) is 6.98. The number of aryl methyl sites for hydroxylation is 1. The second-order valence-electron chi connectivity index (χ2n) is 4.99. The Morgan fingerprint density at radius 2 is 2.16 bits per heavy atom. The number of aliphatic imine (C=N–C) groups is 1. The van der Waals surface area contributed by atoms with Gasteiger partial charge < -0.3 is 11.1 Å². The molecule has 19 heavy (non-hydrogen) atoms. The molecule has 0 saturated heterocycles. The zero-order chi connectivity index (χ0) is 14.0. The quantitative estimate of drug-likeness (QED) is 0.636. The van der Waals surface area contributed by atoms with Crippen LogP contribution >= 0.6 is 0 Å². The van der Waals surface area contributed by atoms with Crippen LogP contribution in [0.15, 0.2) is 28.1 Å². The zero-order valence-electron chi connectivity index (χ0n) is 11.2. The fourth-order valence-electron chi connectivity index (χ4n) is 1.88. The molecule has 0 aromatic heterocycles. The minimum atomic E-state index is -3.16. The van der Waals surface area contributed by atoms with Crippen LogP contribution in [0.25, 0.3) is 0 Å². The maximum atomic E-state index is 11.5. The highest BCUT2D eigenvalue weighted by atomic mass is 32.2. The Hall–Kier alpha value is -1.56. The summed E-state index contributed by atoms with van der Waals surface area (Å²) in [5, 5.41) is 3.11. The number of guanidine groups is 1. The second kappa shape index (κ2) is 5.21. The van der Waals surface area contributed by atoms with Crippen molar-refractivity contribution in [3.05, 3.63) is 29.3 Å². The van der Waals surface area contributed by atoms with Gasteiger partial charge in [-0.2, -0.15) is 0 Å². The molecule has 0 atom stereocenters. The van der Waals surface area contributed by atoms with Crippen LogP contribution in [0.3, 0.4) is 0 Å². The van der Waals surface area contributed by atoms with E-state index < -0.39 is 9.84 Å². The first-order chi connectivity index (χ1) is 8.86. The van der Waals surface area contributed by atoms with E-state index in [0.717, 1.165) is 24.0 Å². The third-order valence-corrected chi connectivity index (χ3v) is 4.26. The van der Waals surface area contributed by atoms with Crippen LogP contribution in [0.5, 0.6) is 0 Å². The van der Waals surface area contributed by atoms with Crippen LogP contribution in [0.4, 0.5) is 0 Å². The van der Waals surface area contributed by atoms with Crippen LogP contribution in [0.1, 0.15) is 24.0 Å². The van der Waals surface area contributed by atoms with Gasteiger partial charge in [0, 0.05) is 12.3 Å². The first-order valence-corrected chi connectivity index (χ1v) is 8.11. The maximum absolute atomic E-state index is 11.5. The molecule has 0 aliphatic heterocycles. The zero-order valence-corrected chi connectivity index (χ0v) is 12.0. The average Bonchev–Trinajstić information content (AvgIpc) is 3.08. The molecule has 1 fully saturated rings. The lowest BCUT2D eigenvalue weighted by Crippen LogP contribution is -2.33. The molecule has 0 unspecified atom stereocenters. The molecule has 1 aromatic rings. The number of nitrogens with two attached hydrogens (primary N) is 1. The molecular formula is C13H19N3O2S. The Bertz CT molecular complexity index is 604. The number of nitrogens with zero attached hydrogens (tertiary/aromatic N) is 1. The molecule has 104 valence electrons. The van der Waals surface area contributed by atoms with Gasteiger partial charge in [0.1, 0.15) is 0 Å². The molecule has 0 bridgehead atoms. The number of rotatable bonds is 4. The molecule has 0 radical (unpaired) electrons. The minimum Gasteiger partial charge on any atom is -0.370 e. The monoisotopic (exact) mass is 281 g/mol. The summed E-state index contributed by atoms with van der Waals surface area (Å²) in [6.07, 6.45) is 3.52. The molecule has 3 N–H and O–H groups in total. The summed E-state index contributed by atoms with van der Waals surface area (Å²) in [5.74, 6) is 0.451. The van der Waals surface area contributed by atoms with Gasteiger partial charge in [-0.1, -0.05) is 12.1 Å². The van der Waals surface area contributed by atoms with E-state index in [2.05, 4.69) is 10.3 Å². The van der Waals surface area contributed by atoms with Crippen molar-refractivity contribution < 1.29 is 8.42 Å². The van der Waals surface area contributed by atoms with Crippen LogP contribution in [-0.4, -0.2) is 26.7 Å². The molecule has 0 spiro atoms. The van der Waals surface area contributed by atoms with Gasteiger partial charge in [0.05, 0.1) is 11.4 Å². The number of sulfone groups is 1. The minimum absolute atomic E-state index is 0.365. The van der Waals surface area contributed by atoms with Gasteiger partial charge in [0.2, 0.25) is 0 Å². The van der Waals surface area contributed by atoms with Gasteiger partial charge in [0.15, 0.2) is 15.8 Å². The fourth-order valence-corrected chi connectivity index (χ4v) is 2.84. The van der Waals surface area contributed by atoms with E-state index in [1.54, 1.807) is 19.1 Å². The van der Waals surface area contributed by atoms with E-state index in [1.165, 1.54) is 6.26 Å². The molecule has 1 aliphatic rings. The van der Waals surface area contributed by atoms with Gasteiger partial charge in [-0.15, -0.1) is 0 Å². The summed E-state index contributed by atoms with van der Waals surface area (Å²) >= 11 is 0. The Morgan fingerprint density at radius 3 is 2.68 bits per heavy atom. The van der Waals surface area contributed by atoms with Gasteiger partial charge in [-0.25, -0.2) is 13.4 Å². The average molecular weight is 281 g/mol. The lowest BCUT2D eigenvalue weighted by molar-refractivity contribution is 0.601. The van der Waals surface area contributed by atoms with Crippen LogP contribution in [-0.2, 0) is 16.4 Å². The summed E-state index contributed by atoms with van der Waals surface area (Å²) in [6.45, 7) is 2.24. The summed E-state index contributed by atoms with van der Waals surface area (Å²) in [7, 11) is -3.16. The summed E-state index contributed by atoms with van der Waals surface area (Å²) < 4.78 is 23.0. The SMILES string of the molecule is Cc1cc(CN=C(N)NC2CC2)ccc1S(C)(=O)=O. The predicted molar refractivity (Wildman–Crippen MR) is 75.8 cm³/mol. The van der Waals surface area contributed by atoms with E-state index >= 15 is 0 Å². The topological polar surface area (TPSA) is 84.5 Å². The smallest absolute Gasteiger partial charge is 0.189 e. The van der Waals surface area contributed by atoms with E-state index in [0.29, 0.717) is 23.4 Å². The van der Waals surface area contributed by atoms with Crippen molar-refractivity contribution in [1.82, 2.24) is 5.32 Å². The molecule has 0 amide bonds. The molecule has 2 rings (SSSR count). The molecule has 1 aliphatic carbocycles. The standard InChI is InChI=1S/C13H19N3O2S/c1-9-7-10(3-6-12(9)19(2,17)18)8-15-13(14)16-11-4-5-11/h3,6-7,11H,4-5,8H2,1-2H3,(H3,14,15,16). The van der Waals surface area contributed by atoms with Crippen LogP contribution in [0.2, 0.25) is 0 Å². The van der Waals surface area contributed by atoms with Gasteiger partial charge in [-0.3, -0.25) is 0 Å². The lowest BCUT2D eigenvalue weighted by atomic mass is 10.1. The van der Waals surface area contributed by atoms with Crippen molar-refractivity contribution in [2.75, 3.05) is 6.26 Å². The number of nitrogens with one attached hydrogen (secondary N) is 1. The molecule has 1 aromatic carbocycles. The van der Waals surface area contributed by atoms with Crippen molar-refractivity contribution in [2.45, 2.75) is 37.2 Å². The molecule has 1 saturated carbocycles. The normalized spacial score (nSPS) is 16.4.